The van der Waals surface area contributed by atoms with Gasteiger partial charge in [-0.15, -0.1) is 0 Å². The van der Waals surface area contributed by atoms with E-state index >= 15 is 0 Å². The summed E-state index contributed by atoms with van der Waals surface area (Å²) in [5, 5.41) is 10.8. The van der Waals surface area contributed by atoms with Crippen molar-refractivity contribution in [2.45, 2.75) is 5.41 Å². The molecule has 1 atom stereocenters. The zero-order chi connectivity index (χ0) is 24.6. The van der Waals surface area contributed by atoms with Crippen molar-refractivity contribution in [3.05, 3.63) is 109 Å². The van der Waals surface area contributed by atoms with E-state index in [2.05, 4.69) is 0 Å². The molecule has 0 saturated heterocycles. The summed E-state index contributed by atoms with van der Waals surface area (Å²) in [7, 11) is 0. The molecule has 0 heterocycles. The lowest BCUT2D eigenvalue weighted by Gasteiger charge is -2.30. The molecular formula is C25H13Cl5O4. The van der Waals surface area contributed by atoms with E-state index < -0.39 is 23.1 Å². The lowest BCUT2D eigenvalue weighted by Crippen LogP contribution is -2.47. The minimum absolute atomic E-state index is 0.125. The monoisotopic (exact) mass is 552 g/mol. The van der Waals surface area contributed by atoms with Crippen molar-refractivity contribution >= 4 is 80.7 Å². The van der Waals surface area contributed by atoms with Gasteiger partial charge in [0, 0.05) is 0 Å². The van der Waals surface area contributed by atoms with Gasteiger partial charge in [0.2, 0.25) is 5.41 Å². The van der Waals surface area contributed by atoms with E-state index in [1.807, 2.05) is 18.2 Å². The highest BCUT2D eigenvalue weighted by atomic mass is 35.5. The Morgan fingerprint density at radius 3 is 1.82 bits per heavy atom. The van der Waals surface area contributed by atoms with E-state index in [9.17, 15) is 14.7 Å². The van der Waals surface area contributed by atoms with Crippen LogP contribution in [0.15, 0.2) is 72.8 Å². The van der Waals surface area contributed by atoms with Gasteiger partial charge in [0.15, 0.2) is 5.75 Å². The molecule has 4 rings (SSSR count). The summed E-state index contributed by atoms with van der Waals surface area (Å²) in [5.74, 6) is -3.02. The Hall–Kier alpha value is -2.47. The predicted octanol–water partition coefficient (Wildman–Crippen LogP) is 8.08. The summed E-state index contributed by atoms with van der Waals surface area (Å²) in [4.78, 5) is 26.9. The SMILES string of the molecule is O=C(O)C(C(=O)Oc1c(Cl)c(Cl)c(Cl)c(Cl)c1Cl)(c1ccccc1)c1cccc2ccccc12. The minimum Gasteiger partial charge on any atom is -0.480 e. The summed E-state index contributed by atoms with van der Waals surface area (Å²) < 4.78 is 5.57. The zero-order valence-electron chi connectivity index (χ0n) is 17.0. The second kappa shape index (κ2) is 9.65. The highest BCUT2D eigenvalue weighted by Crippen LogP contribution is 2.49. The average molecular weight is 555 g/mol. The van der Waals surface area contributed by atoms with Gasteiger partial charge in [-0.25, -0.2) is 4.79 Å². The van der Waals surface area contributed by atoms with Gasteiger partial charge in [0.05, 0.1) is 15.1 Å². The van der Waals surface area contributed by atoms with Gasteiger partial charge >= 0.3 is 11.9 Å². The Balaban J connectivity index is 2.03. The van der Waals surface area contributed by atoms with Crippen molar-refractivity contribution in [3.8, 4) is 5.75 Å². The van der Waals surface area contributed by atoms with Gasteiger partial charge in [-0.2, -0.15) is 0 Å². The number of carbonyl (C=O) groups excluding carboxylic acids is 1. The van der Waals surface area contributed by atoms with Crippen LogP contribution in [0.1, 0.15) is 11.1 Å². The van der Waals surface area contributed by atoms with E-state index in [0.717, 1.165) is 5.39 Å². The average Bonchev–Trinajstić information content (AvgIpc) is 2.85. The first-order valence-corrected chi connectivity index (χ1v) is 11.6. The molecule has 1 N–H and O–H groups in total. The molecule has 172 valence electrons. The van der Waals surface area contributed by atoms with Gasteiger partial charge in [-0.1, -0.05) is 131 Å². The molecule has 0 aliphatic heterocycles. The first-order valence-electron chi connectivity index (χ1n) is 9.72. The highest BCUT2D eigenvalue weighted by molar-refractivity contribution is 6.55. The van der Waals surface area contributed by atoms with Crippen molar-refractivity contribution < 1.29 is 19.4 Å². The van der Waals surface area contributed by atoms with Crippen LogP contribution in [-0.2, 0) is 15.0 Å². The van der Waals surface area contributed by atoms with Crippen molar-refractivity contribution in [2.24, 2.45) is 0 Å². The molecule has 0 amide bonds. The van der Waals surface area contributed by atoms with Crippen LogP contribution in [0.2, 0.25) is 25.1 Å². The number of ether oxygens (including phenoxy) is 1. The molecule has 0 fully saturated rings. The van der Waals surface area contributed by atoms with Crippen molar-refractivity contribution in [1.29, 1.82) is 0 Å². The normalized spacial score (nSPS) is 12.9. The molecule has 1 unspecified atom stereocenters. The number of carboxylic acid groups (broad SMARTS) is 1. The first kappa shape index (κ1) is 24.6. The fourth-order valence-electron chi connectivity index (χ4n) is 3.79. The smallest absolute Gasteiger partial charge is 0.338 e. The quantitative estimate of drug-likeness (QED) is 0.0891. The Morgan fingerprint density at radius 2 is 1.21 bits per heavy atom. The second-order valence-corrected chi connectivity index (χ2v) is 9.13. The Morgan fingerprint density at radius 1 is 0.676 bits per heavy atom. The number of halogens is 5. The number of aliphatic carboxylic acids is 1. The van der Waals surface area contributed by atoms with Crippen molar-refractivity contribution in [1.82, 2.24) is 0 Å². The second-order valence-electron chi connectivity index (χ2n) is 7.24. The maximum atomic E-state index is 13.9. The highest BCUT2D eigenvalue weighted by Gasteiger charge is 2.52. The molecule has 0 spiro atoms. The van der Waals surface area contributed by atoms with Gasteiger partial charge in [0.1, 0.15) is 10.0 Å². The standard InChI is InChI=1S/C25H13Cl5O4/c26-17-18(27)20(29)22(21(30)19(17)28)34-24(33)25(23(31)32,14-9-2-1-3-10-14)16-12-6-8-13-7-4-5-11-15(13)16/h1-12H,(H,31,32). The van der Waals surface area contributed by atoms with Gasteiger partial charge < -0.3 is 9.84 Å². The maximum Gasteiger partial charge on any atom is 0.338 e. The summed E-state index contributed by atoms with van der Waals surface area (Å²) in [6, 6.07) is 20.2. The van der Waals surface area contributed by atoms with Gasteiger partial charge in [-0.3, -0.25) is 4.79 Å². The molecule has 0 aliphatic rings. The number of hydrogen-bond acceptors (Lipinski definition) is 3. The molecule has 4 nitrogen and oxygen atoms in total. The van der Waals surface area contributed by atoms with Crippen LogP contribution >= 0.6 is 58.0 Å². The summed E-state index contributed by atoms with van der Waals surface area (Å²) in [5.41, 5.74) is -1.91. The molecular weight excluding hydrogens is 542 g/mol. The lowest BCUT2D eigenvalue weighted by atomic mass is 9.72. The van der Waals surface area contributed by atoms with Crippen molar-refractivity contribution in [2.75, 3.05) is 0 Å². The van der Waals surface area contributed by atoms with Crippen LogP contribution in [0.4, 0.5) is 0 Å². The molecule has 0 radical (unpaired) electrons. The first-order chi connectivity index (χ1) is 16.2. The number of esters is 1. The fraction of sp³-hybridized carbons (Fsp3) is 0.0400. The third-order valence-corrected chi connectivity index (χ3v) is 7.63. The summed E-state index contributed by atoms with van der Waals surface area (Å²) >= 11 is 30.8. The predicted molar refractivity (Wildman–Crippen MR) is 136 cm³/mol. The molecule has 9 heteroatoms. The molecule has 0 aromatic heterocycles. The topological polar surface area (TPSA) is 63.6 Å². The molecule has 4 aromatic rings. The molecule has 0 aliphatic carbocycles. The van der Waals surface area contributed by atoms with Crippen LogP contribution in [0.5, 0.6) is 5.75 Å². The van der Waals surface area contributed by atoms with Crippen LogP contribution in [-0.4, -0.2) is 17.0 Å². The van der Waals surface area contributed by atoms with E-state index in [0.29, 0.717) is 5.39 Å². The number of carboxylic acids is 1. The summed E-state index contributed by atoms with van der Waals surface area (Å²) in [6.07, 6.45) is 0. The Labute approximate surface area is 219 Å². The zero-order valence-corrected chi connectivity index (χ0v) is 20.8. The Bertz CT molecular complexity index is 1400. The maximum absolute atomic E-state index is 13.9. The van der Waals surface area contributed by atoms with Crippen LogP contribution < -0.4 is 4.74 Å². The van der Waals surface area contributed by atoms with E-state index in [-0.39, 0.29) is 36.2 Å². The molecule has 4 aromatic carbocycles. The number of rotatable bonds is 5. The van der Waals surface area contributed by atoms with Crippen LogP contribution in [0, 0.1) is 0 Å². The molecule has 0 saturated carbocycles. The number of hydrogen-bond donors (Lipinski definition) is 1. The molecule has 34 heavy (non-hydrogen) atoms. The van der Waals surface area contributed by atoms with E-state index in [1.54, 1.807) is 42.5 Å². The lowest BCUT2D eigenvalue weighted by molar-refractivity contribution is -0.153. The third kappa shape index (κ3) is 3.90. The third-order valence-electron chi connectivity index (χ3n) is 5.39. The van der Waals surface area contributed by atoms with Crippen LogP contribution in [0.25, 0.3) is 10.8 Å². The number of carbonyl (C=O) groups is 2. The van der Waals surface area contributed by atoms with Crippen LogP contribution in [0.3, 0.4) is 0 Å². The number of fused-ring (bicyclic) bond motifs is 1. The van der Waals surface area contributed by atoms with E-state index in [4.69, 9.17) is 62.7 Å². The Kier molecular flexibility index (Phi) is 6.99. The minimum atomic E-state index is -2.28. The van der Waals surface area contributed by atoms with Crippen molar-refractivity contribution in [3.63, 3.8) is 0 Å². The fourth-order valence-corrected chi connectivity index (χ4v) is 4.99. The largest absolute Gasteiger partial charge is 0.480 e. The summed E-state index contributed by atoms with van der Waals surface area (Å²) in [6.45, 7) is 0. The van der Waals surface area contributed by atoms with Gasteiger partial charge in [0.25, 0.3) is 0 Å². The molecule has 0 bridgehead atoms. The van der Waals surface area contributed by atoms with Gasteiger partial charge in [-0.05, 0) is 21.9 Å². The number of benzene rings is 4. The van der Waals surface area contributed by atoms with E-state index in [1.165, 1.54) is 12.1 Å².